The van der Waals surface area contributed by atoms with Crippen LogP contribution >= 0.6 is 0 Å². The normalized spacial score (nSPS) is 23.1. The summed E-state index contributed by atoms with van der Waals surface area (Å²) in [6.45, 7) is 2.28. The van der Waals surface area contributed by atoms with Crippen LogP contribution in [0.5, 0.6) is 0 Å². The molecule has 0 atom stereocenters. The van der Waals surface area contributed by atoms with Crippen molar-refractivity contribution in [1.29, 1.82) is 0 Å². The Hall–Kier alpha value is -1.37. The number of aldehydes is 1. The lowest BCUT2D eigenvalue weighted by Crippen LogP contribution is -2.13. The zero-order valence-corrected chi connectivity index (χ0v) is 12.6. The Labute approximate surface area is 123 Å². The molecular formula is C19H26O. The maximum Gasteiger partial charge on any atom is 0.142 e. The highest BCUT2D eigenvalue weighted by Crippen LogP contribution is 2.37. The molecule has 20 heavy (non-hydrogen) atoms. The number of carbonyl (C=O) groups excluding carboxylic acids is 1. The predicted octanol–water partition coefficient (Wildman–Crippen LogP) is 5.36. The molecule has 0 aromatic heterocycles. The Morgan fingerprint density at radius 3 is 2.40 bits per heavy atom. The molecule has 0 unspecified atom stereocenters. The van der Waals surface area contributed by atoms with Crippen molar-refractivity contribution < 1.29 is 4.79 Å². The average molecular weight is 270 g/mol. The van der Waals surface area contributed by atoms with Crippen molar-refractivity contribution in [3.63, 3.8) is 0 Å². The molecule has 1 aliphatic carbocycles. The van der Waals surface area contributed by atoms with Crippen LogP contribution in [0.1, 0.15) is 68.9 Å². The smallest absolute Gasteiger partial charge is 0.142 e. The first-order valence-electron chi connectivity index (χ1n) is 8.05. The second-order valence-corrected chi connectivity index (χ2v) is 6.02. The molecule has 0 bridgehead atoms. The van der Waals surface area contributed by atoms with E-state index in [1.807, 2.05) is 6.08 Å². The van der Waals surface area contributed by atoms with Gasteiger partial charge in [-0.05, 0) is 54.7 Å². The number of hydrogen-bond donors (Lipinski definition) is 0. The van der Waals surface area contributed by atoms with Crippen LogP contribution in [0.2, 0.25) is 0 Å². The van der Waals surface area contributed by atoms with Gasteiger partial charge in [0.05, 0.1) is 0 Å². The summed E-state index contributed by atoms with van der Waals surface area (Å²) in [5.74, 6) is 1.72. The van der Waals surface area contributed by atoms with Gasteiger partial charge in [-0.25, -0.2) is 0 Å². The van der Waals surface area contributed by atoms with Crippen molar-refractivity contribution in [2.24, 2.45) is 5.92 Å². The van der Waals surface area contributed by atoms with Crippen LogP contribution in [0.25, 0.3) is 6.08 Å². The monoisotopic (exact) mass is 270 g/mol. The quantitative estimate of drug-likeness (QED) is 0.502. The van der Waals surface area contributed by atoms with Gasteiger partial charge in [-0.1, -0.05) is 56.5 Å². The number of rotatable bonds is 6. The molecule has 1 aromatic rings. The van der Waals surface area contributed by atoms with Gasteiger partial charge in [0.25, 0.3) is 0 Å². The number of benzene rings is 1. The molecule has 1 fully saturated rings. The van der Waals surface area contributed by atoms with Gasteiger partial charge in [0.1, 0.15) is 6.29 Å². The van der Waals surface area contributed by atoms with E-state index in [1.165, 1.54) is 50.5 Å². The third-order valence-corrected chi connectivity index (χ3v) is 4.59. The van der Waals surface area contributed by atoms with E-state index < -0.39 is 0 Å². The Morgan fingerprint density at radius 1 is 1.10 bits per heavy atom. The number of unbranched alkanes of at least 4 members (excludes halogenated alkanes) is 1. The Morgan fingerprint density at radius 2 is 1.80 bits per heavy atom. The number of carbonyl (C=O) groups is 1. The molecule has 2 rings (SSSR count). The molecule has 1 aromatic carbocycles. The van der Waals surface area contributed by atoms with Gasteiger partial charge in [-0.2, -0.15) is 0 Å². The van der Waals surface area contributed by atoms with Crippen LogP contribution in [0.3, 0.4) is 0 Å². The highest BCUT2D eigenvalue weighted by molar-refractivity contribution is 5.73. The van der Waals surface area contributed by atoms with Crippen molar-refractivity contribution in [3.8, 4) is 0 Å². The SMILES string of the molecule is CCCCC1CCC(c2ccc(/C=C/C=O)cc2)CC1. The first-order chi connectivity index (χ1) is 9.83. The summed E-state index contributed by atoms with van der Waals surface area (Å²) in [7, 11) is 0. The van der Waals surface area contributed by atoms with Crippen molar-refractivity contribution in [2.75, 3.05) is 0 Å². The first-order valence-corrected chi connectivity index (χ1v) is 8.05. The molecule has 1 saturated carbocycles. The third kappa shape index (κ3) is 4.33. The number of allylic oxidation sites excluding steroid dienone is 1. The molecule has 0 heterocycles. The Bertz CT molecular complexity index is 422. The second kappa shape index (κ2) is 8.04. The van der Waals surface area contributed by atoms with E-state index >= 15 is 0 Å². The minimum Gasteiger partial charge on any atom is -0.299 e. The molecule has 108 valence electrons. The van der Waals surface area contributed by atoms with Gasteiger partial charge in [-0.15, -0.1) is 0 Å². The van der Waals surface area contributed by atoms with Gasteiger partial charge in [-0.3, -0.25) is 4.79 Å². The fraction of sp³-hybridized carbons (Fsp3) is 0.526. The predicted molar refractivity (Wildman–Crippen MR) is 85.8 cm³/mol. The highest BCUT2D eigenvalue weighted by atomic mass is 16.1. The van der Waals surface area contributed by atoms with Gasteiger partial charge >= 0.3 is 0 Å². The van der Waals surface area contributed by atoms with Crippen LogP contribution in [0.15, 0.2) is 30.3 Å². The molecule has 1 nitrogen and oxygen atoms in total. The Kier molecular flexibility index (Phi) is 6.04. The van der Waals surface area contributed by atoms with Crippen LogP contribution in [0.4, 0.5) is 0 Å². The second-order valence-electron chi connectivity index (χ2n) is 6.02. The van der Waals surface area contributed by atoms with Gasteiger partial charge < -0.3 is 0 Å². The molecule has 1 aliphatic rings. The van der Waals surface area contributed by atoms with E-state index in [0.717, 1.165) is 23.7 Å². The lowest BCUT2D eigenvalue weighted by Gasteiger charge is -2.28. The van der Waals surface area contributed by atoms with E-state index in [0.29, 0.717) is 0 Å². The van der Waals surface area contributed by atoms with Crippen molar-refractivity contribution in [3.05, 3.63) is 41.5 Å². The lowest BCUT2D eigenvalue weighted by atomic mass is 9.77. The third-order valence-electron chi connectivity index (χ3n) is 4.59. The van der Waals surface area contributed by atoms with E-state index in [-0.39, 0.29) is 0 Å². The van der Waals surface area contributed by atoms with E-state index in [1.54, 1.807) is 6.08 Å². The van der Waals surface area contributed by atoms with Gasteiger partial charge in [0.15, 0.2) is 0 Å². The topological polar surface area (TPSA) is 17.1 Å². The fourth-order valence-corrected chi connectivity index (χ4v) is 3.31. The van der Waals surface area contributed by atoms with Crippen molar-refractivity contribution in [2.45, 2.75) is 57.8 Å². The van der Waals surface area contributed by atoms with E-state index in [4.69, 9.17) is 0 Å². The fourth-order valence-electron chi connectivity index (χ4n) is 3.31. The van der Waals surface area contributed by atoms with Gasteiger partial charge in [0.2, 0.25) is 0 Å². The summed E-state index contributed by atoms with van der Waals surface area (Å²) in [5.41, 5.74) is 2.58. The summed E-state index contributed by atoms with van der Waals surface area (Å²) in [6, 6.07) is 8.72. The Balaban J connectivity index is 1.87. The zero-order valence-electron chi connectivity index (χ0n) is 12.6. The summed E-state index contributed by atoms with van der Waals surface area (Å²) < 4.78 is 0. The largest absolute Gasteiger partial charge is 0.299 e. The summed E-state index contributed by atoms with van der Waals surface area (Å²) in [6.07, 6.45) is 13.9. The molecule has 0 radical (unpaired) electrons. The summed E-state index contributed by atoms with van der Waals surface area (Å²) in [4.78, 5) is 10.3. The molecule has 0 N–H and O–H groups in total. The van der Waals surface area contributed by atoms with Crippen LogP contribution < -0.4 is 0 Å². The summed E-state index contributed by atoms with van der Waals surface area (Å²) in [5, 5.41) is 0. The minimum atomic E-state index is 0.747. The maximum absolute atomic E-state index is 10.3. The van der Waals surface area contributed by atoms with E-state index in [2.05, 4.69) is 31.2 Å². The summed E-state index contributed by atoms with van der Waals surface area (Å²) >= 11 is 0. The number of hydrogen-bond acceptors (Lipinski definition) is 1. The minimum absolute atomic E-state index is 0.747. The first kappa shape index (κ1) is 15.0. The van der Waals surface area contributed by atoms with Crippen LogP contribution in [0, 0.1) is 5.92 Å². The highest BCUT2D eigenvalue weighted by Gasteiger charge is 2.21. The zero-order chi connectivity index (χ0) is 14.2. The molecule has 0 aliphatic heterocycles. The average Bonchev–Trinajstić information content (AvgIpc) is 2.52. The standard InChI is InChI=1S/C19H26O/c1-2-3-5-16-7-11-18(12-8-16)19-13-9-17(10-14-19)6-4-15-20/h4,6,9-10,13-16,18H,2-3,5,7-8,11-12H2,1H3/b6-4+. The maximum atomic E-state index is 10.3. The van der Waals surface area contributed by atoms with Crippen molar-refractivity contribution in [1.82, 2.24) is 0 Å². The molecular weight excluding hydrogens is 244 g/mol. The van der Waals surface area contributed by atoms with Crippen molar-refractivity contribution >= 4 is 12.4 Å². The molecule has 0 amide bonds. The van der Waals surface area contributed by atoms with Crippen LogP contribution in [-0.2, 0) is 4.79 Å². The molecule has 1 heteroatoms. The van der Waals surface area contributed by atoms with Gasteiger partial charge in [0, 0.05) is 0 Å². The molecule has 0 spiro atoms. The van der Waals surface area contributed by atoms with Crippen LogP contribution in [-0.4, -0.2) is 6.29 Å². The molecule has 0 saturated heterocycles. The lowest BCUT2D eigenvalue weighted by molar-refractivity contribution is -0.104. The van der Waals surface area contributed by atoms with E-state index in [9.17, 15) is 4.79 Å².